The molecule has 17 heavy (non-hydrogen) atoms. The van der Waals surface area contributed by atoms with Crippen molar-refractivity contribution < 1.29 is 43.2 Å². The molecule has 4 N–H and O–H groups in total. The number of sulfonamides is 2. The average Bonchev–Trinajstić information content (AvgIpc) is 1.77. The maximum absolute atomic E-state index is 10.8. The summed E-state index contributed by atoms with van der Waals surface area (Å²) in [6, 6.07) is 0. The normalized spacial score (nSPS) is 13.2. The molecule has 0 amide bonds. The van der Waals surface area contributed by atoms with E-state index in [4.69, 9.17) is 0 Å². The zero-order chi connectivity index (χ0) is 14.0. The van der Waals surface area contributed by atoms with Gasteiger partial charge in [-0.2, -0.15) is 26.3 Å². The molecule has 0 rings (SSSR count). The number of primary sulfonamides is 2. The zero-order valence-corrected chi connectivity index (χ0v) is 8.50. The van der Waals surface area contributed by atoms with Gasteiger partial charge >= 0.3 is 31.1 Å². The Bertz CT molecular complexity index is 380. The van der Waals surface area contributed by atoms with Crippen molar-refractivity contribution >= 4 is 37.4 Å². The van der Waals surface area contributed by atoms with E-state index in [1.165, 1.54) is 0 Å². The highest BCUT2D eigenvalue weighted by Gasteiger charge is 2.43. The molecule has 106 valence electrons. The molecule has 6 nitrogen and oxygen atoms in total. The molecule has 0 aromatic carbocycles. The average molecular weight is 328 g/mol. The lowest BCUT2D eigenvalue weighted by molar-refractivity contribution is -0.0441. The molecular weight excluding hydrogens is 321 g/mol. The maximum atomic E-state index is 10.8. The topological polar surface area (TPSA) is 120 Å². The van der Waals surface area contributed by atoms with E-state index in [1.54, 1.807) is 0 Å². The minimum absolute atomic E-state index is 0. The molecule has 0 saturated carbocycles. The largest absolute Gasteiger partial charge is 0.511 e. The van der Waals surface area contributed by atoms with Crippen LogP contribution in [0.2, 0.25) is 0 Å². The first-order valence-corrected chi connectivity index (χ1v) is 5.77. The maximum Gasteiger partial charge on any atom is 0.511 e. The van der Waals surface area contributed by atoms with Crippen molar-refractivity contribution in [1.29, 1.82) is 0 Å². The van der Waals surface area contributed by atoms with Crippen LogP contribution in [0.15, 0.2) is 0 Å². The quantitative estimate of drug-likeness (QED) is 0.411. The van der Waals surface area contributed by atoms with Gasteiger partial charge in [0.25, 0.3) is 0 Å². The molecule has 0 unspecified atom stereocenters. The molecule has 0 spiro atoms. The van der Waals surface area contributed by atoms with Gasteiger partial charge in [-0.15, -0.1) is 0 Å². The second-order valence-corrected chi connectivity index (χ2v) is 5.09. The molecule has 0 aliphatic heterocycles. The molecule has 0 aliphatic carbocycles. The Morgan fingerprint density at radius 2 is 0.706 bits per heavy atom. The van der Waals surface area contributed by atoms with E-state index in [2.05, 4.69) is 10.3 Å². The molecule has 15 heteroatoms. The van der Waals surface area contributed by atoms with E-state index in [1.807, 2.05) is 0 Å². The van der Waals surface area contributed by atoms with E-state index in [-0.39, 0.29) is 17.4 Å². The fraction of sp³-hybridized carbons (Fsp3) is 1.00. The summed E-state index contributed by atoms with van der Waals surface area (Å²) in [5, 5.41) is 7.32. The first-order valence-electron chi connectivity index (χ1n) is 2.68. The van der Waals surface area contributed by atoms with E-state index in [0.29, 0.717) is 0 Å². The monoisotopic (exact) mass is 328 g/mol. The highest BCUT2D eigenvalue weighted by molar-refractivity contribution is 7.90. The number of alkyl halides is 6. The Hall–Kier alpha value is -0.0675. The Morgan fingerprint density at radius 1 is 0.647 bits per heavy atom. The third kappa shape index (κ3) is 9.62. The van der Waals surface area contributed by atoms with Crippen molar-refractivity contribution in [3.05, 3.63) is 0 Å². The van der Waals surface area contributed by atoms with Gasteiger partial charge in [-0.05, 0) is 0 Å². The van der Waals surface area contributed by atoms with Crippen molar-refractivity contribution in [2.75, 3.05) is 0 Å². The number of hydrogen-bond donors (Lipinski definition) is 2. The van der Waals surface area contributed by atoms with Crippen LogP contribution in [0, 0.1) is 0 Å². The van der Waals surface area contributed by atoms with E-state index in [0.717, 1.165) is 0 Å². The van der Waals surface area contributed by atoms with Crippen LogP contribution in [-0.2, 0) is 20.0 Å². The summed E-state index contributed by atoms with van der Waals surface area (Å²) in [6.45, 7) is 0. The van der Waals surface area contributed by atoms with Crippen molar-refractivity contribution in [1.82, 2.24) is 0 Å². The van der Waals surface area contributed by atoms with Gasteiger partial charge in [0.2, 0.25) is 0 Å². The number of nitrogens with two attached hydrogens (primary N) is 2. The highest BCUT2D eigenvalue weighted by Crippen LogP contribution is 2.19. The van der Waals surface area contributed by atoms with E-state index in [9.17, 15) is 43.2 Å². The zero-order valence-electron chi connectivity index (χ0n) is 6.87. The lowest BCUT2D eigenvalue weighted by Crippen LogP contribution is -2.30. The van der Waals surface area contributed by atoms with E-state index >= 15 is 0 Å². The molecule has 0 heterocycles. The summed E-state index contributed by atoms with van der Waals surface area (Å²) in [7, 11) is -10.7. The van der Waals surface area contributed by atoms with Gasteiger partial charge in [-0.1, -0.05) is 0 Å². The number of hydrogen-bond acceptors (Lipinski definition) is 4. The number of rotatable bonds is 0. The lowest BCUT2D eigenvalue weighted by atomic mass is 11.6. The third-order valence-electron chi connectivity index (χ3n) is 0.645. The summed E-state index contributed by atoms with van der Waals surface area (Å²) in [5.41, 5.74) is -10.6. The van der Waals surface area contributed by atoms with Gasteiger partial charge < -0.3 is 0 Å². The van der Waals surface area contributed by atoms with Crippen LogP contribution in [0.25, 0.3) is 0 Å². The summed E-state index contributed by atoms with van der Waals surface area (Å²) in [6.07, 6.45) is 0. The molecule has 0 bridgehead atoms. The lowest BCUT2D eigenvalue weighted by Gasteiger charge is -1.98. The van der Waals surface area contributed by atoms with Crippen molar-refractivity contribution in [3.63, 3.8) is 0 Å². The molecule has 0 radical (unpaired) electrons. The van der Waals surface area contributed by atoms with Gasteiger partial charge in [0.05, 0.1) is 0 Å². The fourth-order valence-corrected chi connectivity index (χ4v) is 0. The van der Waals surface area contributed by atoms with Gasteiger partial charge in [0.1, 0.15) is 0 Å². The molecule has 0 saturated heterocycles. The highest BCUT2D eigenvalue weighted by atomic mass is 32.2. The van der Waals surface area contributed by atoms with E-state index < -0.39 is 31.1 Å². The van der Waals surface area contributed by atoms with Crippen LogP contribution in [0.1, 0.15) is 0 Å². The van der Waals surface area contributed by atoms with Crippen LogP contribution in [0.4, 0.5) is 26.3 Å². The predicted octanol–water partition coefficient (Wildman–Crippen LogP) is -1.59. The standard InChI is InChI=1S/2CH2F3NO2S.Al.3H/c2*2-1(3,4)8(5,6)7;;;;/h2*(H2,5,6,7);;;;. The number of halogens is 6. The molecule has 0 atom stereocenters. The first-order chi connectivity index (χ1) is 6.50. The second-order valence-electron chi connectivity index (χ2n) is 1.98. The van der Waals surface area contributed by atoms with Crippen LogP contribution >= 0.6 is 0 Å². The third-order valence-corrected chi connectivity index (χ3v) is 1.94. The fourth-order valence-electron chi connectivity index (χ4n) is 0. The first kappa shape index (κ1) is 22.1. The Morgan fingerprint density at radius 3 is 0.706 bits per heavy atom. The van der Waals surface area contributed by atoms with Crippen LogP contribution < -0.4 is 10.3 Å². The summed E-state index contributed by atoms with van der Waals surface area (Å²) < 4.78 is 102. The van der Waals surface area contributed by atoms with Gasteiger partial charge in [0, 0.05) is 0 Å². The van der Waals surface area contributed by atoms with Crippen LogP contribution in [0.5, 0.6) is 0 Å². The molecule has 0 fully saturated rings. The second kappa shape index (κ2) is 6.20. The molecule has 0 aromatic rings. The summed E-state index contributed by atoms with van der Waals surface area (Å²) in [4.78, 5) is 0. The van der Waals surface area contributed by atoms with Crippen molar-refractivity contribution in [2.24, 2.45) is 10.3 Å². The Balaban J connectivity index is -0.000000218. The summed E-state index contributed by atoms with van der Waals surface area (Å²) in [5.74, 6) is 0. The van der Waals surface area contributed by atoms with Gasteiger partial charge in [0.15, 0.2) is 17.4 Å². The smallest absolute Gasteiger partial charge is 0.221 e. The van der Waals surface area contributed by atoms with Crippen molar-refractivity contribution in [3.8, 4) is 0 Å². The SMILES string of the molecule is NS(=O)(=O)C(F)(F)F.NS(=O)(=O)C(F)(F)F.[AlH3]. The summed E-state index contributed by atoms with van der Waals surface area (Å²) >= 11 is 0. The minimum atomic E-state index is -5.34. The predicted molar refractivity (Wildman–Crippen MR) is 48.3 cm³/mol. The Labute approximate surface area is 102 Å². The van der Waals surface area contributed by atoms with Crippen molar-refractivity contribution in [2.45, 2.75) is 11.0 Å². The molecule has 0 aromatic heterocycles. The molecular formula is C2H7AlF6N2O4S2. The van der Waals surface area contributed by atoms with Gasteiger partial charge in [-0.3, -0.25) is 0 Å². The van der Waals surface area contributed by atoms with Crippen LogP contribution in [0.3, 0.4) is 0 Å². The molecule has 0 aliphatic rings. The van der Waals surface area contributed by atoms with Crippen LogP contribution in [-0.4, -0.2) is 45.2 Å². The minimum Gasteiger partial charge on any atom is -0.221 e. The van der Waals surface area contributed by atoms with Gasteiger partial charge in [-0.25, -0.2) is 27.1 Å². The Kier molecular flexibility index (Phi) is 8.08.